The largest absolute Gasteiger partial charge is 0.309 e. The molecule has 7 aromatic carbocycles. The molecule has 9 aromatic rings. The molecule has 9 rings (SSSR count). The summed E-state index contributed by atoms with van der Waals surface area (Å²) < 4.78 is 2.36. The highest BCUT2D eigenvalue weighted by Crippen LogP contribution is 2.38. The summed E-state index contributed by atoms with van der Waals surface area (Å²) in [5.74, 6) is 0. The fraction of sp³-hybridized carbons (Fsp3) is 0. The quantitative estimate of drug-likeness (QED) is 0.172. The molecule has 1 nitrogen and oxygen atoms in total. The molecule has 0 radical (unpaired) electrons. The Bertz CT molecular complexity index is 2500. The normalized spacial score (nSPS) is 11.5. The summed E-state index contributed by atoms with van der Waals surface area (Å²) in [6, 6.07) is 63.9. The predicted octanol–water partition coefficient (Wildman–Crippen LogP) is 12.7. The molecular weight excluding hydrogens is 575 g/mol. The number of nitrogens with zero attached hydrogens (tertiary/aromatic N) is 1. The van der Waals surface area contributed by atoms with E-state index in [1.54, 1.807) is 0 Å². The number of rotatable bonds is 5. The summed E-state index contributed by atoms with van der Waals surface area (Å²) in [7, 11) is 0. The zero-order chi connectivity index (χ0) is 30.5. The number of hydrogen-bond acceptors (Lipinski definition) is 1. The number of thiophene rings is 1. The van der Waals surface area contributed by atoms with Crippen LogP contribution in [-0.2, 0) is 0 Å². The van der Waals surface area contributed by atoms with E-state index in [2.05, 4.69) is 180 Å². The molecule has 0 aliphatic carbocycles. The van der Waals surface area contributed by atoms with Crippen LogP contribution in [0, 0.1) is 0 Å². The van der Waals surface area contributed by atoms with Gasteiger partial charge in [-0.2, -0.15) is 0 Å². The third kappa shape index (κ3) is 4.63. The van der Waals surface area contributed by atoms with Crippen LogP contribution in [0.2, 0.25) is 0 Å². The van der Waals surface area contributed by atoms with Crippen LogP contribution in [-0.4, -0.2) is 4.57 Å². The van der Waals surface area contributed by atoms with Crippen LogP contribution in [0.5, 0.6) is 0 Å². The molecule has 0 amide bonds. The lowest BCUT2D eigenvalue weighted by Crippen LogP contribution is -1.96. The van der Waals surface area contributed by atoms with Gasteiger partial charge in [-0.25, -0.2) is 0 Å². The predicted molar refractivity (Wildman–Crippen MR) is 198 cm³/mol. The van der Waals surface area contributed by atoms with Gasteiger partial charge in [-0.05, 0) is 91.8 Å². The molecule has 0 spiro atoms. The maximum Gasteiger partial charge on any atom is 0.0540 e. The van der Waals surface area contributed by atoms with Gasteiger partial charge in [-0.3, -0.25) is 0 Å². The van der Waals surface area contributed by atoms with E-state index in [0.29, 0.717) is 0 Å². The van der Waals surface area contributed by atoms with E-state index in [-0.39, 0.29) is 0 Å². The van der Waals surface area contributed by atoms with Crippen molar-refractivity contribution in [2.45, 2.75) is 0 Å². The average molecular weight is 604 g/mol. The second-order valence-corrected chi connectivity index (χ2v) is 12.9. The van der Waals surface area contributed by atoms with Gasteiger partial charge >= 0.3 is 0 Å². The number of aromatic nitrogens is 1. The molecule has 0 saturated carbocycles. The van der Waals surface area contributed by atoms with Crippen LogP contribution in [0.15, 0.2) is 176 Å². The minimum absolute atomic E-state index is 1.17. The lowest BCUT2D eigenvalue weighted by atomic mass is 9.97. The van der Waals surface area contributed by atoms with E-state index >= 15 is 0 Å². The molecule has 2 aromatic heterocycles. The Morgan fingerprint density at radius 2 is 0.913 bits per heavy atom. The van der Waals surface area contributed by atoms with Crippen molar-refractivity contribution in [3.8, 4) is 49.0 Å². The van der Waals surface area contributed by atoms with Gasteiger partial charge < -0.3 is 4.57 Å². The first-order valence-corrected chi connectivity index (χ1v) is 16.5. The highest BCUT2D eigenvalue weighted by atomic mass is 32.1. The van der Waals surface area contributed by atoms with Gasteiger partial charge in [0.15, 0.2) is 0 Å². The van der Waals surface area contributed by atoms with Gasteiger partial charge in [-0.15, -0.1) is 11.3 Å². The van der Waals surface area contributed by atoms with E-state index in [4.69, 9.17) is 0 Å². The Morgan fingerprint density at radius 1 is 0.348 bits per heavy atom. The minimum atomic E-state index is 1.17. The van der Waals surface area contributed by atoms with E-state index in [0.717, 1.165) is 0 Å². The molecule has 0 aliphatic rings. The maximum atomic E-state index is 2.36. The van der Waals surface area contributed by atoms with Gasteiger partial charge in [0, 0.05) is 20.8 Å². The van der Waals surface area contributed by atoms with Crippen molar-refractivity contribution in [2.75, 3.05) is 0 Å². The highest BCUT2D eigenvalue weighted by Gasteiger charge is 2.13. The van der Waals surface area contributed by atoms with Crippen LogP contribution in [0.4, 0.5) is 0 Å². The van der Waals surface area contributed by atoms with E-state index in [9.17, 15) is 0 Å². The topological polar surface area (TPSA) is 4.93 Å². The molecule has 0 bridgehead atoms. The Labute approximate surface area is 272 Å². The van der Waals surface area contributed by atoms with Gasteiger partial charge in [0.25, 0.3) is 0 Å². The van der Waals surface area contributed by atoms with E-state index in [1.807, 2.05) is 11.3 Å². The fourth-order valence-corrected chi connectivity index (χ4v) is 7.71. The molecule has 216 valence electrons. The van der Waals surface area contributed by atoms with Crippen LogP contribution in [0.25, 0.3) is 81.4 Å². The molecule has 2 heteroatoms. The lowest BCUT2D eigenvalue weighted by molar-refractivity contribution is 1.13. The van der Waals surface area contributed by atoms with E-state index in [1.165, 1.54) is 81.4 Å². The molecule has 0 saturated heterocycles. The Morgan fingerprint density at radius 3 is 1.67 bits per heavy atom. The zero-order valence-electron chi connectivity index (χ0n) is 25.1. The molecule has 0 aliphatic heterocycles. The first kappa shape index (κ1) is 26.7. The van der Waals surface area contributed by atoms with Crippen molar-refractivity contribution in [3.63, 3.8) is 0 Å². The number of fused-ring (bicyclic) bond motifs is 4. The molecule has 2 heterocycles. The van der Waals surface area contributed by atoms with Crippen molar-refractivity contribution in [3.05, 3.63) is 176 Å². The minimum Gasteiger partial charge on any atom is -0.309 e. The summed E-state index contributed by atoms with van der Waals surface area (Å²) in [6.45, 7) is 0. The molecule has 46 heavy (non-hydrogen) atoms. The summed E-state index contributed by atoms with van der Waals surface area (Å²) in [6.07, 6.45) is 0. The second kappa shape index (κ2) is 11.0. The number of para-hydroxylation sites is 2. The smallest absolute Gasteiger partial charge is 0.0540 e. The molecular formula is C44H29NS. The van der Waals surface area contributed by atoms with Crippen LogP contribution in [0.1, 0.15) is 0 Å². The van der Waals surface area contributed by atoms with Crippen LogP contribution in [0.3, 0.4) is 0 Å². The van der Waals surface area contributed by atoms with E-state index < -0.39 is 0 Å². The van der Waals surface area contributed by atoms with Gasteiger partial charge in [0.05, 0.1) is 11.2 Å². The SMILES string of the molecule is c1ccc(-n2c(-c3ccc(-c4ccc(-c5ccc(-c6ccc7c(ccc8ccccc87)c6)cc5)s4)cc3)cc3ccccc32)cc1. The average Bonchev–Trinajstić information content (AvgIpc) is 3.78. The monoisotopic (exact) mass is 603 g/mol. The Balaban J connectivity index is 0.988. The van der Waals surface area contributed by atoms with Gasteiger partial charge in [0.2, 0.25) is 0 Å². The summed E-state index contributed by atoms with van der Waals surface area (Å²) in [5.41, 5.74) is 9.76. The second-order valence-electron chi connectivity index (χ2n) is 11.8. The lowest BCUT2D eigenvalue weighted by Gasteiger charge is -2.11. The summed E-state index contributed by atoms with van der Waals surface area (Å²) in [5, 5.41) is 6.41. The van der Waals surface area contributed by atoms with Crippen molar-refractivity contribution in [2.24, 2.45) is 0 Å². The Kier molecular flexibility index (Phi) is 6.40. The zero-order valence-corrected chi connectivity index (χ0v) is 25.9. The van der Waals surface area contributed by atoms with Gasteiger partial charge in [-0.1, -0.05) is 133 Å². The fourth-order valence-electron chi connectivity index (χ4n) is 6.70. The third-order valence-corrected chi connectivity index (χ3v) is 10.2. The number of hydrogen-bond donors (Lipinski definition) is 0. The summed E-state index contributed by atoms with van der Waals surface area (Å²) >= 11 is 1.84. The molecule has 0 atom stereocenters. The van der Waals surface area contributed by atoms with Crippen LogP contribution >= 0.6 is 11.3 Å². The molecule has 0 unspecified atom stereocenters. The highest BCUT2D eigenvalue weighted by molar-refractivity contribution is 7.18. The first-order valence-electron chi connectivity index (χ1n) is 15.7. The first-order chi connectivity index (χ1) is 22.8. The summed E-state index contributed by atoms with van der Waals surface area (Å²) in [4.78, 5) is 2.55. The number of benzene rings is 7. The van der Waals surface area contributed by atoms with Crippen molar-refractivity contribution < 1.29 is 0 Å². The van der Waals surface area contributed by atoms with Crippen molar-refractivity contribution in [1.29, 1.82) is 0 Å². The van der Waals surface area contributed by atoms with Gasteiger partial charge in [0.1, 0.15) is 0 Å². The molecule has 0 fully saturated rings. The third-order valence-electron chi connectivity index (χ3n) is 9.04. The Hall–Kier alpha value is -5.70. The maximum absolute atomic E-state index is 2.36. The molecule has 0 N–H and O–H groups in total. The standard InChI is InChI=1S/C44H29NS/c1-2-10-38(11-3-1)45-41-13-7-5-9-37(41)29-42(45)32-17-21-34(22-18-32)44-27-26-43(46-44)33-19-14-30(15-20-33)35-24-25-40-36(28-35)23-16-31-8-4-6-12-39(31)40/h1-29H. The van der Waals surface area contributed by atoms with Crippen molar-refractivity contribution >= 4 is 43.8 Å². The van der Waals surface area contributed by atoms with Crippen molar-refractivity contribution in [1.82, 2.24) is 4.57 Å². The van der Waals surface area contributed by atoms with Crippen LogP contribution < -0.4 is 0 Å².